The minimum Gasteiger partial charge on any atom is -0.494 e. The maximum Gasteiger partial charge on any atom is 0.289 e. The number of nitrogens with zero attached hydrogens (tertiary/aromatic N) is 2. The zero-order valence-corrected chi connectivity index (χ0v) is 20.3. The summed E-state index contributed by atoms with van der Waals surface area (Å²) < 4.78 is 24.2. The van der Waals surface area contributed by atoms with E-state index in [9.17, 15) is 9.18 Å². The Morgan fingerprint density at radius 2 is 1.97 bits per heavy atom. The van der Waals surface area contributed by atoms with Gasteiger partial charge in [0.15, 0.2) is 17.3 Å². The van der Waals surface area contributed by atoms with E-state index in [4.69, 9.17) is 20.8 Å². The lowest BCUT2D eigenvalue weighted by Crippen LogP contribution is -2.47. The molecule has 1 aliphatic rings. The lowest BCUT2D eigenvalue weighted by molar-refractivity contribution is 0.0556. The van der Waals surface area contributed by atoms with Crippen LogP contribution >= 0.6 is 11.6 Å². The smallest absolute Gasteiger partial charge is 0.289 e. The number of carbonyl (C=O) groups excluding carboxylic acids is 1. The maximum absolute atomic E-state index is 13.8. The zero-order valence-electron chi connectivity index (χ0n) is 19.5. The van der Waals surface area contributed by atoms with Crippen molar-refractivity contribution < 1.29 is 18.3 Å². The lowest BCUT2D eigenvalue weighted by Gasteiger charge is -2.40. The van der Waals surface area contributed by atoms with Crippen molar-refractivity contribution in [3.8, 4) is 5.75 Å². The molecule has 1 amide bonds. The molecule has 7 heteroatoms. The molecule has 34 heavy (non-hydrogen) atoms. The molecule has 1 saturated heterocycles. The summed E-state index contributed by atoms with van der Waals surface area (Å²) in [5.74, 6) is 0.457. The molecule has 1 aromatic heterocycles. The van der Waals surface area contributed by atoms with Gasteiger partial charge in [-0.15, -0.1) is 0 Å². The Balaban J connectivity index is 1.46. The lowest BCUT2D eigenvalue weighted by atomic mass is 9.84. The minimum absolute atomic E-state index is 0.00874. The molecule has 4 rings (SSSR count). The highest BCUT2D eigenvalue weighted by Crippen LogP contribution is 2.30. The topological polar surface area (TPSA) is 45.9 Å². The van der Waals surface area contributed by atoms with Gasteiger partial charge < -0.3 is 14.1 Å². The molecule has 0 unspecified atom stereocenters. The van der Waals surface area contributed by atoms with Crippen LogP contribution in [0, 0.1) is 11.7 Å². The van der Waals surface area contributed by atoms with Crippen LogP contribution in [0.4, 0.5) is 4.39 Å². The van der Waals surface area contributed by atoms with Crippen LogP contribution in [0.25, 0.3) is 0 Å². The first-order valence-corrected chi connectivity index (χ1v) is 11.9. The van der Waals surface area contributed by atoms with E-state index in [1.165, 1.54) is 19.4 Å². The number of furan rings is 1. The monoisotopic (exact) mass is 484 g/mol. The molecule has 0 N–H and O–H groups in total. The summed E-state index contributed by atoms with van der Waals surface area (Å²) in [6.45, 7) is 2.53. The second-order valence-electron chi connectivity index (χ2n) is 8.84. The fourth-order valence-corrected chi connectivity index (χ4v) is 5.00. The Hall–Kier alpha value is -2.83. The molecular formula is C27H30ClFN2O3. The van der Waals surface area contributed by atoms with Crippen LogP contribution in [0.3, 0.4) is 0 Å². The highest BCUT2D eigenvalue weighted by molar-refractivity contribution is 6.31. The van der Waals surface area contributed by atoms with E-state index in [1.54, 1.807) is 24.3 Å². The van der Waals surface area contributed by atoms with Crippen molar-refractivity contribution in [3.63, 3.8) is 0 Å². The van der Waals surface area contributed by atoms with Crippen molar-refractivity contribution in [2.45, 2.75) is 31.8 Å². The number of rotatable bonds is 8. The average Bonchev–Trinajstić information content (AvgIpc) is 3.39. The van der Waals surface area contributed by atoms with Gasteiger partial charge in [-0.3, -0.25) is 9.69 Å². The van der Waals surface area contributed by atoms with Crippen LogP contribution < -0.4 is 4.74 Å². The number of amides is 1. The molecule has 0 aliphatic carbocycles. The van der Waals surface area contributed by atoms with Crippen molar-refractivity contribution in [2.75, 3.05) is 27.2 Å². The van der Waals surface area contributed by atoms with E-state index in [-0.39, 0.29) is 23.5 Å². The molecule has 1 atom stereocenters. The predicted molar refractivity (Wildman–Crippen MR) is 131 cm³/mol. The maximum atomic E-state index is 13.8. The summed E-state index contributed by atoms with van der Waals surface area (Å²) in [4.78, 5) is 17.3. The molecular weight excluding hydrogens is 455 g/mol. The second-order valence-corrected chi connectivity index (χ2v) is 9.25. The standard InChI is InChI=1S/C27H30ClFN2O3/c1-30(27(32)25-8-5-15-34-25)24(17-21-6-3-4-7-22(21)28)20-11-13-31(14-12-20)18-19-9-10-23(29)26(16-19)33-2/h3-10,15-16,20,24H,11-14,17-18H2,1-2H3/t24-/m1/s1. The van der Waals surface area contributed by atoms with Gasteiger partial charge in [0, 0.05) is 24.7 Å². The van der Waals surface area contributed by atoms with Crippen molar-refractivity contribution in [1.82, 2.24) is 9.80 Å². The third-order valence-electron chi connectivity index (χ3n) is 6.73. The van der Waals surface area contributed by atoms with Gasteiger partial charge in [0.05, 0.1) is 13.4 Å². The molecule has 0 spiro atoms. The van der Waals surface area contributed by atoms with Crippen LogP contribution in [0.2, 0.25) is 5.02 Å². The zero-order chi connectivity index (χ0) is 24.1. The van der Waals surface area contributed by atoms with Crippen molar-refractivity contribution in [3.05, 3.63) is 88.6 Å². The summed E-state index contributed by atoms with van der Waals surface area (Å²) in [5, 5.41) is 0.717. The molecule has 2 heterocycles. The summed E-state index contributed by atoms with van der Waals surface area (Å²) in [6.07, 6.45) is 4.10. The van der Waals surface area contributed by atoms with Crippen LogP contribution in [0.5, 0.6) is 5.75 Å². The largest absolute Gasteiger partial charge is 0.494 e. The second kappa shape index (κ2) is 11.1. The Bertz CT molecular complexity index is 1100. The number of halogens is 2. The number of benzene rings is 2. The van der Waals surface area contributed by atoms with Crippen LogP contribution in [0.1, 0.15) is 34.5 Å². The minimum atomic E-state index is -0.350. The first-order valence-electron chi connectivity index (χ1n) is 11.5. The normalized spacial score (nSPS) is 15.8. The van der Waals surface area contributed by atoms with E-state index in [0.29, 0.717) is 23.1 Å². The van der Waals surface area contributed by atoms with E-state index in [1.807, 2.05) is 36.2 Å². The molecule has 0 saturated carbocycles. The van der Waals surface area contributed by atoms with Gasteiger partial charge in [-0.05, 0) is 79.7 Å². The number of carbonyl (C=O) groups is 1. The quantitative estimate of drug-likeness (QED) is 0.413. The fourth-order valence-electron chi connectivity index (χ4n) is 4.79. The third kappa shape index (κ3) is 5.62. The van der Waals surface area contributed by atoms with E-state index >= 15 is 0 Å². The Labute approximate surface area is 205 Å². The highest BCUT2D eigenvalue weighted by atomic mass is 35.5. The molecule has 1 aliphatic heterocycles. The number of likely N-dealkylation sites (N-methyl/N-ethyl adjacent to an activating group) is 1. The Morgan fingerprint density at radius 3 is 2.65 bits per heavy atom. The summed E-state index contributed by atoms with van der Waals surface area (Å²) in [6, 6.07) is 16.3. The van der Waals surface area contributed by atoms with Gasteiger partial charge in [-0.25, -0.2) is 4.39 Å². The molecule has 2 aromatic carbocycles. The van der Waals surface area contributed by atoms with Crippen molar-refractivity contribution >= 4 is 17.5 Å². The molecule has 0 bridgehead atoms. The molecule has 0 radical (unpaired) electrons. The number of piperidine rings is 1. The summed E-state index contributed by atoms with van der Waals surface area (Å²) >= 11 is 6.47. The van der Waals surface area contributed by atoms with Crippen molar-refractivity contribution in [1.29, 1.82) is 0 Å². The number of likely N-dealkylation sites (tertiary alicyclic amines) is 1. The van der Waals surface area contributed by atoms with Crippen LogP contribution in [-0.4, -0.2) is 49.0 Å². The fraction of sp³-hybridized carbons (Fsp3) is 0.370. The predicted octanol–water partition coefficient (Wildman–Crippen LogP) is 5.68. The summed E-state index contributed by atoms with van der Waals surface area (Å²) in [5.41, 5.74) is 2.06. The van der Waals surface area contributed by atoms with E-state index in [0.717, 1.165) is 43.6 Å². The third-order valence-corrected chi connectivity index (χ3v) is 7.10. The first kappa shape index (κ1) is 24.3. The van der Waals surface area contributed by atoms with Gasteiger partial charge in [-0.2, -0.15) is 0 Å². The number of ether oxygens (including phenoxy) is 1. The Kier molecular flexibility index (Phi) is 7.91. The van der Waals surface area contributed by atoms with E-state index < -0.39 is 0 Å². The average molecular weight is 485 g/mol. The molecule has 3 aromatic rings. The van der Waals surface area contributed by atoms with Gasteiger partial charge in [0.1, 0.15) is 0 Å². The van der Waals surface area contributed by atoms with Gasteiger partial charge in [-0.1, -0.05) is 35.9 Å². The number of hydrogen-bond acceptors (Lipinski definition) is 4. The number of methoxy groups -OCH3 is 1. The van der Waals surface area contributed by atoms with Gasteiger partial charge in [0.2, 0.25) is 0 Å². The first-order chi connectivity index (χ1) is 16.5. The van der Waals surface area contributed by atoms with Gasteiger partial charge in [0.25, 0.3) is 5.91 Å². The summed E-state index contributed by atoms with van der Waals surface area (Å²) in [7, 11) is 3.33. The van der Waals surface area contributed by atoms with Crippen LogP contribution in [-0.2, 0) is 13.0 Å². The SMILES string of the molecule is COc1cc(CN2CCC([C@@H](Cc3ccccc3Cl)N(C)C(=O)c3ccco3)CC2)ccc1F. The van der Waals surface area contributed by atoms with Crippen molar-refractivity contribution in [2.24, 2.45) is 5.92 Å². The highest BCUT2D eigenvalue weighted by Gasteiger charge is 2.33. The van der Waals surface area contributed by atoms with Gasteiger partial charge >= 0.3 is 0 Å². The molecule has 180 valence electrons. The molecule has 5 nitrogen and oxygen atoms in total. The Morgan fingerprint density at radius 1 is 1.21 bits per heavy atom. The molecule has 1 fully saturated rings. The van der Waals surface area contributed by atoms with Crippen LogP contribution in [0.15, 0.2) is 65.3 Å². The number of hydrogen-bond donors (Lipinski definition) is 0. The van der Waals surface area contributed by atoms with E-state index in [2.05, 4.69) is 4.90 Å².